The van der Waals surface area contributed by atoms with E-state index in [1.165, 1.54) is 24.3 Å². The van der Waals surface area contributed by atoms with Gasteiger partial charge in [0.25, 0.3) is 5.69 Å². The molecule has 0 bridgehead atoms. The largest absolute Gasteiger partial charge is 0.497 e. The average Bonchev–Trinajstić information content (AvgIpc) is 3.06. The molecule has 0 spiro atoms. The van der Waals surface area contributed by atoms with E-state index in [2.05, 4.69) is 0 Å². The first kappa shape index (κ1) is 24.3. The molecule has 1 aliphatic heterocycles. The summed E-state index contributed by atoms with van der Waals surface area (Å²) in [4.78, 5) is 30.0. The maximum absolute atomic E-state index is 13.1. The number of Topliss-reactive ketones (excluding diaryl/α,β-unsaturated/α-hetero) is 1. The summed E-state index contributed by atoms with van der Waals surface area (Å²) in [6, 6.07) is 11.1. The van der Waals surface area contributed by atoms with Gasteiger partial charge in [0, 0.05) is 36.7 Å². The number of ketones is 1. The number of carbonyl (C=O) groups is 1. The second-order valence-corrected chi connectivity index (χ2v) is 6.96. The van der Waals surface area contributed by atoms with Crippen molar-refractivity contribution < 1.29 is 19.2 Å². The molecule has 3 rings (SSSR count). The first-order valence-electron chi connectivity index (χ1n) is 9.84. The number of methoxy groups -OCH3 is 2. The molecule has 0 amide bonds. The summed E-state index contributed by atoms with van der Waals surface area (Å²) in [5.74, 6) is 1.92. The molecular weight excluding hydrogens is 466 g/mol. The van der Waals surface area contributed by atoms with Crippen LogP contribution in [0.5, 0.6) is 11.5 Å². The summed E-state index contributed by atoms with van der Waals surface area (Å²) < 4.78 is 10.9. The molecule has 0 N–H and O–H groups in total. The second kappa shape index (κ2) is 11.5. The first-order valence-corrected chi connectivity index (χ1v) is 9.84. The summed E-state index contributed by atoms with van der Waals surface area (Å²) in [6.45, 7) is 0.754. The van der Waals surface area contributed by atoms with E-state index in [9.17, 15) is 14.9 Å². The molecule has 0 atom stereocenters. The van der Waals surface area contributed by atoms with Gasteiger partial charge in [-0.2, -0.15) is 0 Å². The highest BCUT2D eigenvalue weighted by Crippen LogP contribution is 2.34. The molecular formula is C22H26BrN3O5. The van der Waals surface area contributed by atoms with Crippen LogP contribution in [0.1, 0.15) is 36.0 Å². The molecule has 9 heteroatoms. The van der Waals surface area contributed by atoms with Crippen molar-refractivity contribution in [3.8, 4) is 11.5 Å². The maximum atomic E-state index is 13.1. The maximum Gasteiger partial charge on any atom is 0.269 e. The van der Waals surface area contributed by atoms with E-state index in [1.54, 1.807) is 26.4 Å². The number of rotatable bonds is 7. The van der Waals surface area contributed by atoms with Crippen LogP contribution in [0.3, 0.4) is 0 Å². The lowest BCUT2D eigenvalue weighted by atomic mass is 10.1. The zero-order valence-corrected chi connectivity index (χ0v) is 19.3. The number of carbonyl (C=O) groups excluding carboxylic acids is 1. The predicted octanol–water partition coefficient (Wildman–Crippen LogP) is 4.85. The molecule has 2 aromatic carbocycles. The van der Waals surface area contributed by atoms with Crippen LogP contribution in [0, 0.1) is 10.1 Å². The van der Waals surface area contributed by atoms with Crippen LogP contribution in [-0.2, 0) is 0 Å². The number of aliphatic imine (C=N–C) groups is 1. The number of hydrogen-bond donors (Lipinski definition) is 0. The lowest BCUT2D eigenvalue weighted by molar-refractivity contribution is -0.384. The van der Waals surface area contributed by atoms with Crippen LogP contribution in [0.15, 0.2) is 47.5 Å². The third-order valence-corrected chi connectivity index (χ3v) is 5.04. The van der Waals surface area contributed by atoms with Crippen LogP contribution < -0.4 is 14.4 Å². The van der Waals surface area contributed by atoms with Crippen molar-refractivity contribution in [1.29, 1.82) is 0 Å². The highest BCUT2D eigenvalue weighted by molar-refractivity contribution is 8.93. The van der Waals surface area contributed by atoms with Crippen molar-refractivity contribution in [2.45, 2.75) is 25.7 Å². The number of non-ortho nitro benzene ring substituents is 1. The van der Waals surface area contributed by atoms with E-state index >= 15 is 0 Å². The first-order chi connectivity index (χ1) is 14.5. The Morgan fingerprint density at radius 3 is 2.48 bits per heavy atom. The normalized spacial score (nSPS) is 13.3. The Balaban J connectivity index is 0.00000341. The number of nitro groups is 1. The molecule has 2 aromatic rings. The van der Waals surface area contributed by atoms with E-state index in [0.29, 0.717) is 29.3 Å². The Hall–Kier alpha value is -2.94. The lowest BCUT2D eigenvalue weighted by Gasteiger charge is -2.27. The number of anilines is 1. The van der Waals surface area contributed by atoms with Gasteiger partial charge in [-0.25, -0.2) is 0 Å². The van der Waals surface area contributed by atoms with E-state index in [1.807, 2.05) is 11.0 Å². The summed E-state index contributed by atoms with van der Waals surface area (Å²) in [5.41, 5.74) is 1.06. The highest BCUT2D eigenvalue weighted by atomic mass is 79.9. The fourth-order valence-corrected chi connectivity index (χ4v) is 3.41. The molecule has 0 aromatic heterocycles. The van der Waals surface area contributed by atoms with Crippen LogP contribution >= 0.6 is 17.0 Å². The van der Waals surface area contributed by atoms with E-state index in [-0.39, 0.29) is 35.0 Å². The van der Waals surface area contributed by atoms with Gasteiger partial charge < -0.3 is 14.4 Å². The fraction of sp³-hybridized carbons (Fsp3) is 0.364. The number of hydrogen-bond acceptors (Lipinski definition) is 7. The van der Waals surface area contributed by atoms with Gasteiger partial charge >= 0.3 is 0 Å². The molecule has 0 unspecified atom stereocenters. The number of amidine groups is 1. The number of nitrogens with zero attached hydrogens (tertiary/aromatic N) is 3. The van der Waals surface area contributed by atoms with Gasteiger partial charge in [0.05, 0.1) is 31.4 Å². The Labute approximate surface area is 191 Å². The zero-order valence-electron chi connectivity index (χ0n) is 17.6. The van der Waals surface area contributed by atoms with Crippen LogP contribution in [0.2, 0.25) is 0 Å². The van der Waals surface area contributed by atoms with Gasteiger partial charge in [-0.05, 0) is 37.1 Å². The Morgan fingerprint density at radius 1 is 1.10 bits per heavy atom. The summed E-state index contributed by atoms with van der Waals surface area (Å²) in [7, 11) is 3.16. The fourth-order valence-electron chi connectivity index (χ4n) is 3.41. The molecule has 0 fully saturated rings. The molecule has 166 valence electrons. The quantitative estimate of drug-likeness (QED) is 0.312. The summed E-state index contributed by atoms with van der Waals surface area (Å²) >= 11 is 0. The zero-order chi connectivity index (χ0) is 21.5. The lowest BCUT2D eigenvalue weighted by Crippen LogP contribution is -2.36. The third kappa shape index (κ3) is 6.04. The smallest absolute Gasteiger partial charge is 0.269 e. The van der Waals surface area contributed by atoms with Gasteiger partial charge in [0.2, 0.25) is 0 Å². The van der Waals surface area contributed by atoms with Crippen molar-refractivity contribution in [2.75, 3.05) is 32.2 Å². The van der Waals surface area contributed by atoms with Crippen LogP contribution in [-0.4, -0.2) is 43.9 Å². The molecule has 0 saturated heterocycles. The number of nitro benzene ring substituents is 1. The summed E-state index contributed by atoms with van der Waals surface area (Å²) in [6.07, 6.45) is 3.86. The van der Waals surface area contributed by atoms with Crippen molar-refractivity contribution >= 4 is 40.0 Å². The number of halogens is 1. The van der Waals surface area contributed by atoms with E-state index in [0.717, 1.165) is 31.5 Å². The minimum Gasteiger partial charge on any atom is -0.497 e. The topological polar surface area (TPSA) is 94.3 Å². The SMILES string of the molecule is Br.COc1ccc(OC)c(N(CC(=O)c2ccc([N+](=O)[O-])cc2)C2=NCCCCC2)c1. The molecule has 1 heterocycles. The van der Waals surface area contributed by atoms with Crippen molar-refractivity contribution in [3.05, 3.63) is 58.1 Å². The van der Waals surface area contributed by atoms with Crippen LogP contribution in [0.25, 0.3) is 0 Å². The van der Waals surface area contributed by atoms with Gasteiger partial charge in [-0.15, -0.1) is 17.0 Å². The minimum atomic E-state index is -0.484. The molecule has 0 aliphatic carbocycles. The minimum absolute atomic E-state index is 0. The molecule has 0 saturated carbocycles. The molecule has 0 radical (unpaired) electrons. The predicted molar refractivity (Wildman–Crippen MR) is 125 cm³/mol. The highest BCUT2D eigenvalue weighted by Gasteiger charge is 2.23. The molecule has 31 heavy (non-hydrogen) atoms. The second-order valence-electron chi connectivity index (χ2n) is 6.96. The molecule has 8 nitrogen and oxygen atoms in total. The Bertz CT molecular complexity index is 947. The van der Waals surface area contributed by atoms with Crippen molar-refractivity contribution in [1.82, 2.24) is 0 Å². The van der Waals surface area contributed by atoms with Gasteiger partial charge in [-0.1, -0.05) is 6.42 Å². The average molecular weight is 492 g/mol. The van der Waals surface area contributed by atoms with Crippen LogP contribution in [0.4, 0.5) is 11.4 Å². The molecule has 1 aliphatic rings. The van der Waals surface area contributed by atoms with Crippen molar-refractivity contribution in [2.24, 2.45) is 4.99 Å². The monoisotopic (exact) mass is 491 g/mol. The Kier molecular flexibility index (Phi) is 8.99. The number of ether oxygens (including phenoxy) is 2. The van der Waals surface area contributed by atoms with E-state index < -0.39 is 4.92 Å². The van der Waals surface area contributed by atoms with E-state index in [4.69, 9.17) is 14.5 Å². The van der Waals surface area contributed by atoms with Crippen molar-refractivity contribution in [3.63, 3.8) is 0 Å². The van der Waals surface area contributed by atoms with Gasteiger partial charge in [0.1, 0.15) is 17.3 Å². The standard InChI is InChI=1S/C22H25N3O5.BrH/c1-29-18-11-12-21(30-2)19(14-18)24(22-6-4-3-5-13-23-22)15-20(26)16-7-9-17(10-8-16)25(27)28;/h7-12,14H,3-6,13,15H2,1-2H3;1H. The van der Waals surface area contributed by atoms with Gasteiger partial charge in [0.15, 0.2) is 5.78 Å². The third-order valence-electron chi connectivity index (χ3n) is 5.04. The summed E-state index contributed by atoms with van der Waals surface area (Å²) in [5, 5.41) is 10.9. The van der Waals surface area contributed by atoms with Gasteiger partial charge in [-0.3, -0.25) is 19.9 Å². The Morgan fingerprint density at radius 2 is 1.84 bits per heavy atom. The number of benzene rings is 2.